The monoisotopic (exact) mass is 260 g/mol. The first-order chi connectivity index (χ1) is 8.57. The van der Waals surface area contributed by atoms with Crippen molar-refractivity contribution < 1.29 is 25.2 Å². The summed E-state index contributed by atoms with van der Waals surface area (Å²) in [4.78, 5) is 5.54. The Hall–Kier alpha value is -0.890. The van der Waals surface area contributed by atoms with Crippen LogP contribution in [0.15, 0.2) is 4.99 Å². The predicted octanol–water partition coefficient (Wildman–Crippen LogP) is -1.74. The Morgan fingerprint density at radius 3 is 2.61 bits per heavy atom. The van der Waals surface area contributed by atoms with E-state index in [-0.39, 0.29) is 12.6 Å². The summed E-state index contributed by atoms with van der Waals surface area (Å²) in [6, 6.07) is -0.343. The maximum absolute atomic E-state index is 9.91. The van der Waals surface area contributed by atoms with Gasteiger partial charge in [-0.3, -0.25) is 4.90 Å². The first-order valence-electron chi connectivity index (χ1n) is 6.25. The lowest BCUT2D eigenvalue weighted by atomic mass is 9.94. The van der Waals surface area contributed by atoms with E-state index in [1.54, 1.807) is 0 Å². The van der Waals surface area contributed by atoms with Gasteiger partial charge in [-0.05, 0) is 6.42 Å². The van der Waals surface area contributed by atoms with E-state index in [1.165, 1.54) is 4.90 Å². The van der Waals surface area contributed by atoms with Crippen molar-refractivity contribution >= 4 is 6.02 Å². The molecule has 0 aromatic heterocycles. The van der Waals surface area contributed by atoms with Crippen LogP contribution in [0, 0.1) is 0 Å². The van der Waals surface area contributed by atoms with Gasteiger partial charge in [0.2, 0.25) is 0 Å². The number of aliphatic hydroxyl groups excluding tert-OH is 4. The molecule has 0 saturated carbocycles. The molecule has 0 amide bonds. The number of hydrogen-bond acceptors (Lipinski definition) is 6. The summed E-state index contributed by atoms with van der Waals surface area (Å²) in [5.41, 5.74) is 0. The first kappa shape index (κ1) is 13.5. The van der Waals surface area contributed by atoms with Crippen LogP contribution in [0.2, 0.25) is 0 Å². The van der Waals surface area contributed by atoms with Crippen molar-refractivity contribution in [3.63, 3.8) is 0 Å². The van der Waals surface area contributed by atoms with Crippen LogP contribution >= 0.6 is 0 Å². The Morgan fingerprint density at radius 2 is 1.94 bits per heavy atom. The Kier molecular flexibility index (Phi) is 4.06. The van der Waals surface area contributed by atoms with E-state index in [4.69, 9.17) is 4.74 Å². The molecule has 0 aliphatic carbocycles. The van der Waals surface area contributed by atoms with Crippen LogP contribution < -0.4 is 0 Å². The molecule has 2 aliphatic heterocycles. The normalized spacial score (nSPS) is 41.9. The van der Waals surface area contributed by atoms with Gasteiger partial charge < -0.3 is 25.2 Å². The maximum atomic E-state index is 9.91. The van der Waals surface area contributed by atoms with Crippen molar-refractivity contribution in [1.82, 2.24) is 4.90 Å². The number of nitrogens with zero attached hydrogens (tertiary/aromatic N) is 2. The molecule has 2 saturated heterocycles. The number of aliphatic hydroxyl groups is 4. The lowest BCUT2D eigenvalue weighted by Gasteiger charge is -2.42. The molecule has 0 radical (unpaired) electrons. The standard InChI is InChI=1S/C11H20N2O5/c1-2-3-4-12-11-13-6(5-18-11)7(14)8(15)9(16)10(13)17/h6-10,14-17H,2-5H2,1H3/t6?,7-,8+,9-,10-/m1/s1. The van der Waals surface area contributed by atoms with Crippen molar-refractivity contribution in [2.24, 2.45) is 4.99 Å². The first-order valence-corrected chi connectivity index (χ1v) is 6.25. The van der Waals surface area contributed by atoms with Crippen molar-refractivity contribution in [2.45, 2.75) is 50.3 Å². The van der Waals surface area contributed by atoms with Crippen LogP contribution in [0.4, 0.5) is 0 Å². The van der Waals surface area contributed by atoms with Crippen LogP contribution in [-0.2, 0) is 4.74 Å². The number of hydrogen-bond donors (Lipinski definition) is 4. The van der Waals surface area contributed by atoms with Crippen molar-refractivity contribution in [3.8, 4) is 0 Å². The highest BCUT2D eigenvalue weighted by Crippen LogP contribution is 2.28. The lowest BCUT2D eigenvalue weighted by Crippen LogP contribution is -2.65. The van der Waals surface area contributed by atoms with Gasteiger partial charge in [-0.1, -0.05) is 13.3 Å². The molecule has 0 spiro atoms. The van der Waals surface area contributed by atoms with Crippen LogP contribution in [0.5, 0.6) is 0 Å². The molecule has 2 aliphatic rings. The molecule has 7 heteroatoms. The SMILES string of the molecule is CCCCN=C1OCC2[C@@H](O)[C@H](O)[C@@H](O)[C@@H](O)N12. The van der Waals surface area contributed by atoms with E-state index in [1.807, 2.05) is 6.92 Å². The van der Waals surface area contributed by atoms with E-state index in [9.17, 15) is 20.4 Å². The van der Waals surface area contributed by atoms with Gasteiger partial charge in [0.25, 0.3) is 6.02 Å². The third-order valence-corrected chi connectivity index (χ3v) is 3.40. The van der Waals surface area contributed by atoms with Gasteiger partial charge in [-0.15, -0.1) is 0 Å². The molecule has 2 heterocycles. The largest absolute Gasteiger partial charge is 0.463 e. The van der Waals surface area contributed by atoms with Gasteiger partial charge in [0.05, 0.1) is 6.04 Å². The maximum Gasteiger partial charge on any atom is 0.290 e. The lowest BCUT2D eigenvalue weighted by molar-refractivity contribution is -0.190. The molecular weight excluding hydrogens is 240 g/mol. The number of unbranched alkanes of at least 4 members (excludes halogenated alkanes) is 1. The summed E-state index contributed by atoms with van der Waals surface area (Å²) in [6.45, 7) is 2.75. The number of rotatable bonds is 3. The quantitative estimate of drug-likeness (QED) is 0.449. The van der Waals surface area contributed by atoms with Gasteiger partial charge >= 0.3 is 0 Å². The number of amidine groups is 1. The Morgan fingerprint density at radius 1 is 1.22 bits per heavy atom. The van der Waals surface area contributed by atoms with E-state index >= 15 is 0 Å². The van der Waals surface area contributed by atoms with Gasteiger partial charge in [-0.25, -0.2) is 4.99 Å². The third-order valence-electron chi connectivity index (χ3n) is 3.40. The van der Waals surface area contributed by atoms with Gasteiger partial charge in [-0.2, -0.15) is 0 Å². The zero-order valence-electron chi connectivity index (χ0n) is 10.3. The number of ether oxygens (including phenoxy) is 1. The predicted molar refractivity (Wildman–Crippen MR) is 62.8 cm³/mol. The van der Waals surface area contributed by atoms with Crippen LogP contribution in [-0.4, -0.2) is 75.1 Å². The Bertz CT molecular complexity index is 325. The summed E-state index contributed by atoms with van der Waals surface area (Å²) in [5.74, 6) is 0. The zero-order chi connectivity index (χ0) is 13.3. The topological polar surface area (TPSA) is 106 Å². The fourth-order valence-corrected chi connectivity index (χ4v) is 2.26. The third kappa shape index (κ3) is 2.18. The van der Waals surface area contributed by atoms with E-state index in [0.29, 0.717) is 6.54 Å². The van der Waals surface area contributed by atoms with Crippen LogP contribution in [0.1, 0.15) is 19.8 Å². The molecule has 0 bridgehead atoms. The summed E-state index contributed by atoms with van der Waals surface area (Å²) >= 11 is 0. The summed E-state index contributed by atoms with van der Waals surface area (Å²) < 4.78 is 5.32. The van der Waals surface area contributed by atoms with E-state index < -0.39 is 30.6 Å². The summed E-state index contributed by atoms with van der Waals surface area (Å²) in [7, 11) is 0. The molecular formula is C11H20N2O5. The van der Waals surface area contributed by atoms with Gasteiger partial charge in [0.15, 0.2) is 6.23 Å². The minimum atomic E-state index is -1.44. The second-order valence-electron chi connectivity index (χ2n) is 4.69. The van der Waals surface area contributed by atoms with Gasteiger partial charge in [0.1, 0.15) is 24.9 Å². The molecule has 0 aromatic carbocycles. The molecule has 1 unspecified atom stereocenters. The van der Waals surface area contributed by atoms with E-state index in [0.717, 1.165) is 12.8 Å². The average molecular weight is 260 g/mol. The molecule has 5 atom stereocenters. The highest BCUT2D eigenvalue weighted by Gasteiger charge is 2.52. The van der Waals surface area contributed by atoms with Gasteiger partial charge in [0, 0.05) is 6.54 Å². The number of fused-ring (bicyclic) bond motifs is 1. The minimum absolute atomic E-state index is 0.146. The number of aliphatic imine (C=N–C) groups is 1. The second kappa shape index (κ2) is 5.40. The van der Waals surface area contributed by atoms with Crippen molar-refractivity contribution in [2.75, 3.05) is 13.2 Å². The highest BCUT2D eigenvalue weighted by molar-refractivity contribution is 5.76. The summed E-state index contributed by atoms with van der Waals surface area (Å²) in [6.07, 6.45) is -3.39. The van der Waals surface area contributed by atoms with Crippen molar-refractivity contribution in [3.05, 3.63) is 0 Å². The molecule has 18 heavy (non-hydrogen) atoms. The highest BCUT2D eigenvalue weighted by atomic mass is 16.5. The van der Waals surface area contributed by atoms with Crippen molar-refractivity contribution in [1.29, 1.82) is 0 Å². The fraction of sp³-hybridized carbons (Fsp3) is 0.909. The summed E-state index contributed by atoms with van der Waals surface area (Å²) in [5, 5.41) is 39.0. The Balaban J connectivity index is 2.13. The van der Waals surface area contributed by atoms with E-state index in [2.05, 4.69) is 4.99 Å². The molecule has 0 aromatic rings. The molecule has 7 nitrogen and oxygen atoms in total. The fourth-order valence-electron chi connectivity index (χ4n) is 2.26. The molecule has 4 N–H and O–H groups in total. The molecule has 104 valence electrons. The second-order valence-corrected chi connectivity index (χ2v) is 4.69. The molecule has 2 rings (SSSR count). The van der Waals surface area contributed by atoms with Crippen LogP contribution in [0.25, 0.3) is 0 Å². The zero-order valence-corrected chi connectivity index (χ0v) is 10.3. The number of piperidine rings is 1. The minimum Gasteiger partial charge on any atom is -0.463 e. The Labute approximate surface area is 105 Å². The molecule has 2 fully saturated rings. The van der Waals surface area contributed by atoms with Crippen LogP contribution in [0.3, 0.4) is 0 Å². The smallest absolute Gasteiger partial charge is 0.290 e. The average Bonchev–Trinajstić information content (AvgIpc) is 2.78.